The lowest BCUT2D eigenvalue weighted by Crippen LogP contribution is -1.95. The molecule has 2 aromatic heterocycles. The van der Waals surface area contributed by atoms with E-state index < -0.39 is 0 Å². The maximum absolute atomic E-state index is 5.60. The second-order valence-corrected chi connectivity index (χ2v) is 2.75. The normalized spacial score (nSPS) is 10.2. The summed E-state index contributed by atoms with van der Waals surface area (Å²) in [4.78, 5) is 3.99. The lowest BCUT2D eigenvalue weighted by atomic mass is 10.2. The smallest absolute Gasteiger partial charge is 0.0898 e. The van der Waals surface area contributed by atoms with Gasteiger partial charge in [-0.2, -0.15) is 0 Å². The van der Waals surface area contributed by atoms with Gasteiger partial charge in [0.15, 0.2) is 0 Å². The largest absolute Gasteiger partial charge is 0.397 e. The highest BCUT2D eigenvalue weighted by atomic mass is 15.4. The minimum absolute atomic E-state index is 0.638. The lowest BCUT2D eigenvalue weighted by molar-refractivity contribution is 0.720. The van der Waals surface area contributed by atoms with Crippen molar-refractivity contribution in [3.63, 3.8) is 0 Å². The molecule has 0 unspecified atom stereocenters. The molecule has 2 heterocycles. The van der Waals surface area contributed by atoms with Crippen molar-refractivity contribution in [2.45, 2.75) is 0 Å². The van der Waals surface area contributed by atoms with E-state index in [0.717, 1.165) is 11.3 Å². The van der Waals surface area contributed by atoms with E-state index in [9.17, 15) is 0 Å². The maximum Gasteiger partial charge on any atom is 0.0898 e. The van der Waals surface area contributed by atoms with Crippen molar-refractivity contribution < 1.29 is 0 Å². The molecule has 0 saturated carbocycles. The summed E-state index contributed by atoms with van der Waals surface area (Å²) in [5, 5.41) is 7.59. The second kappa shape index (κ2) is 2.85. The standard InChI is InChI=1S/C8H9N5/c1-13-8(5-11-12-13)6-2-7(9)4-10-3-6/h2-5H,9H2,1H3. The van der Waals surface area contributed by atoms with Gasteiger partial charge in [0, 0.05) is 25.0 Å². The molecule has 0 radical (unpaired) electrons. The van der Waals surface area contributed by atoms with Crippen molar-refractivity contribution in [2.24, 2.45) is 7.05 Å². The van der Waals surface area contributed by atoms with Crippen LogP contribution >= 0.6 is 0 Å². The van der Waals surface area contributed by atoms with Gasteiger partial charge in [0.1, 0.15) is 0 Å². The Labute approximate surface area is 75.2 Å². The van der Waals surface area contributed by atoms with Gasteiger partial charge in [-0.15, -0.1) is 5.10 Å². The summed E-state index contributed by atoms with van der Waals surface area (Å²) in [5.74, 6) is 0. The third-order valence-corrected chi connectivity index (χ3v) is 1.77. The minimum Gasteiger partial charge on any atom is -0.397 e. The molecule has 0 fully saturated rings. The summed E-state index contributed by atoms with van der Waals surface area (Å²) in [5.41, 5.74) is 8.07. The zero-order valence-corrected chi connectivity index (χ0v) is 7.18. The van der Waals surface area contributed by atoms with Crippen LogP contribution in [0.15, 0.2) is 24.7 Å². The third kappa shape index (κ3) is 1.35. The highest BCUT2D eigenvalue weighted by molar-refractivity contribution is 5.61. The van der Waals surface area contributed by atoms with E-state index in [0.29, 0.717) is 5.69 Å². The van der Waals surface area contributed by atoms with Crippen molar-refractivity contribution in [1.82, 2.24) is 20.0 Å². The Morgan fingerprint density at radius 2 is 2.15 bits per heavy atom. The zero-order chi connectivity index (χ0) is 9.26. The molecule has 0 amide bonds. The topological polar surface area (TPSA) is 69.6 Å². The molecule has 2 rings (SSSR count). The highest BCUT2D eigenvalue weighted by Gasteiger charge is 2.03. The molecule has 13 heavy (non-hydrogen) atoms. The Hall–Kier alpha value is -1.91. The van der Waals surface area contributed by atoms with Gasteiger partial charge in [-0.25, -0.2) is 4.68 Å². The summed E-state index contributed by atoms with van der Waals surface area (Å²) in [6.07, 6.45) is 5.01. The van der Waals surface area contributed by atoms with Crippen LogP contribution in [-0.2, 0) is 7.05 Å². The van der Waals surface area contributed by atoms with Crippen molar-refractivity contribution in [3.8, 4) is 11.3 Å². The van der Waals surface area contributed by atoms with Gasteiger partial charge < -0.3 is 5.73 Å². The van der Waals surface area contributed by atoms with Crippen LogP contribution in [0.4, 0.5) is 5.69 Å². The molecule has 5 nitrogen and oxygen atoms in total. The Morgan fingerprint density at radius 3 is 2.77 bits per heavy atom. The first-order chi connectivity index (χ1) is 6.27. The van der Waals surface area contributed by atoms with Gasteiger partial charge >= 0.3 is 0 Å². The molecule has 0 aliphatic carbocycles. The fourth-order valence-corrected chi connectivity index (χ4v) is 1.15. The first kappa shape index (κ1) is 7.72. The van der Waals surface area contributed by atoms with Crippen LogP contribution in [0, 0.1) is 0 Å². The molecule has 0 spiro atoms. The summed E-state index contributed by atoms with van der Waals surface area (Å²) < 4.78 is 1.68. The summed E-state index contributed by atoms with van der Waals surface area (Å²) in [6.45, 7) is 0. The van der Waals surface area contributed by atoms with Crippen LogP contribution in [0.1, 0.15) is 0 Å². The van der Waals surface area contributed by atoms with Crippen molar-refractivity contribution in [3.05, 3.63) is 24.7 Å². The van der Waals surface area contributed by atoms with E-state index >= 15 is 0 Å². The number of hydrogen-bond donors (Lipinski definition) is 1. The number of nitrogens with two attached hydrogens (primary N) is 1. The summed E-state index contributed by atoms with van der Waals surface area (Å²) >= 11 is 0. The third-order valence-electron chi connectivity index (χ3n) is 1.77. The fourth-order valence-electron chi connectivity index (χ4n) is 1.15. The summed E-state index contributed by atoms with van der Waals surface area (Å²) in [6, 6.07) is 1.84. The van der Waals surface area contributed by atoms with E-state index in [-0.39, 0.29) is 0 Å². The number of nitrogens with zero attached hydrogens (tertiary/aromatic N) is 4. The molecule has 66 valence electrons. The average Bonchev–Trinajstić information content (AvgIpc) is 2.51. The molecule has 0 aliphatic rings. The molecule has 2 N–H and O–H groups in total. The van der Waals surface area contributed by atoms with Gasteiger partial charge in [-0.05, 0) is 6.07 Å². The Balaban J connectivity index is 2.53. The van der Waals surface area contributed by atoms with E-state index in [2.05, 4.69) is 15.3 Å². The highest BCUT2D eigenvalue weighted by Crippen LogP contribution is 2.17. The maximum atomic E-state index is 5.60. The van der Waals surface area contributed by atoms with Crippen molar-refractivity contribution in [1.29, 1.82) is 0 Å². The van der Waals surface area contributed by atoms with Crippen LogP contribution in [0.5, 0.6) is 0 Å². The van der Waals surface area contributed by atoms with Crippen LogP contribution in [0.3, 0.4) is 0 Å². The molecule has 0 aromatic carbocycles. The van der Waals surface area contributed by atoms with Crippen LogP contribution in [-0.4, -0.2) is 20.0 Å². The number of nitrogen functional groups attached to an aromatic ring is 1. The number of aromatic nitrogens is 4. The monoisotopic (exact) mass is 175 g/mol. The SMILES string of the molecule is Cn1nncc1-c1cncc(N)c1. The predicted octanol–water partition coefficient (Wildman–Crippen LogP) is 0.459. The molecule has 0 saturated heterocycles. The van der Waals surface area contributed by atoms with Crippen molar-refractivity contribution in [2.75, 3.05) is 5.73 Å². The molecule has 2 aromatic rings. The molecular weight excluding hydrogens is 166 g/mol. The summed E-state index contributed by atoms with van der Waals surface area (Å²) in [7, 11) is 1.82. The Kier molecular flexibility index (Phi) is 1.70. The minimum atomic E-state index is 0.638. The van der Waals surface area contributed by atoms with Crippen LogP contribution < -0.4 is 5.73 Å². The number of anilines is 1. The Morgan fingerprint density at radius 1 is 1.31 bits per heavy atom. The van der Waals surface area contributed by atoms with E-state index in [1.807, 2.05) is 13.1 Å². The molecule has 5 heteroatoms. The molecule has 0 aliphatic heterocycles. The fraction of sp³-hybridized carbons (Fsp3) is 0.125. The number of hydrogen-bond acceptors (Lipinski definition) is 4. The molecule has 0 atom stereocenters. The van der Waals surface area contributed by atoms with Gasteiger partial charge in [-0.1, -0.05) is 5.21 Å². The molecule has 0 bridgehead atoms. The van der Waals surface area contributed by atoms with Crippen LogP contribution in [0.25, 0.3) is 11.3 Å². The van der Waals surface area contributed by atoms with E-state index in [1.165, 1.54) is 0 Å². The van der Waals surface area contributed by atoms with Gasteiger partial charge in [-0.3, -0.25) is 4.98 Å². The van der Waals surface area contributed by atoms with Crippen molar-refractivity contribution >= 4 is 5.69 Å². The second-order valence-electron chi connectivity index (χ2n) is 2.75. The van der Waals surface area contributed by atoms with Gasteiger partial charge in [0.25, 0.3) is 0 Å². The van der Waals surface area contributed by atoms with Gasteiger partial charge in [0.05, 0.1) is 17.6 Å². The Bertz CT molecular complexity index is 420. The number of aryl methyl sites for hydroxylation is 1. The van der Waals surface area contributed by atoms with E-state index in [4.69, 9.17) is 5.73 Å². The first-order valence-electron chi connectivity index (χ1n) is 3.83. The molecular formula is C8H9N5. The lowest BCUT2D eigenvalue weighted by Gasteiger charge is -2.00. The first-order valence-corrected chi connectivity index (χ1v) is 3.83. The number of pyridine rings is 1. The quantitative estimate of drug-likeness (QED) is 0.683. The zero-order valence-electron chi connectivity index (χ0n) is 7.18. The van der Waals surface area contributed by atoms with Crippen LogP contribution in [0.2, 0.25) is 0 Å². The predicted molar refractivity (Wildman–Crippen MR) is 48.6 cm³/mol. The van der Waals surface area contributed by atoms with E-state index in [1.54, 1.807) is 23.3 Å². The average molecular weight is 175 g/mol. The number of rotatable bonds is 1. The van der Waals surface area contributed by atoms with Gasteiger partial charge in [0.2, 0.25) is 0 Å².